The van der Waals surface area contributed by atoms with Gasteiger partial charge in [0, 0.05) is 13.0 Å². The van der Waals surface area contributed by atoms with E-state index in [-0.39, 0.29) is 13.0 Å². The van der Waals surface area contributed by atoms with E-state index in [0.29, 0.717) is 11.5 Å². The number of hydrogen-bond donors (Lipinski definition) is 1. The van der Waals surface area contributed by atoms with Gasteiger partial charge in [-0.1, -0.05) is 38.1 Å². The molecule has 1 aliphatic carbocycles. The van der Waals surface area contributed by atoms with Crippen LogP contribution in [0.4, 0.5) is 8.78 Å². The molecule has 0 radical (unpaired) electrons. The van der Waals surface area contributed by atoms with Gasteiger partial charge in [-0.2, -0.15) is 0 Å². The molecule has 0 aromatic heterocycles. The van der Waals surface area contributed by atoms with Crippen molar-refractivity contribution in [2.75, 3.05) is 6.54 Å². The monoisotopic (exact) mass is 225 g/mol. The quantitative estimate of drug-likeness (QED) is 0.840. The molecule has 1 saturated carbocycles. The third-order valence-corrected chi connectivity index (χ3v) is 3.55. The van der Waals surface area contributed by atoms with Crippen molar-refractivity contribution in [3.63, 3.8) is 0 Å². The number of benzene rings is 1. The zero-order valence-electron chi connectivity index (χ0n) is 9.63. The van der Waals surface area contributed by atoms with Crippen LogP contribution < -0.4 is 5.73 Å². The Morgan fingerprint density at radius 1 is 1.38 bits per heavy atom. The highest BCUT2D eigenvalue weighted by atomic mass is 19.3. The van der Waals surface area contributed by atoms with Crippen LogP contribution in [0, 0.1) is 0 Å². The SMILES string of the molecule is CC(C)c1cccc(C2(CN)CC2(F)F)c1. The molecule has 0 aliphatic heterocycles. The van der Waals surface area contributed by atoms with E-state index in [1.807, 2.05) is 18.2 Å². The van der Waals surface area contributed by atoms with Gasteiger partial charge >= 0.3 is 0 Å². The van der Waals surface area contributed by atoms with Crippen LogP contribution in [0.5, 0.6) is 0 Å². The number of rotatable bonds is 3. The molecule has 0 heterocycles. The Morgan fingerprint density at radius 3 is 2.44 bits per heavy atom. The fraction of sp³-hybridized carbons (Fsp3) is 0.538. The molecule has 0 spiro atoms. The van der Waals surface area contributed by atoms with Gasteiger partial charge in [0.25, 0.3) is 5.92 Å². The molecule has 1 fully saturated rings. The van der Waals surface area contributed by atoms with Crippen LogP contribution >= 0.6 is 0 Å². The lowest BCUT2D eigenvalue weighted by atomic mass is 9.91. The van der Waals surface area contributed by atoms with E-state index >= 15 is 0 Å². The Balaban J connectivity index is 2.38. The minimum absolute atomic E-state index is 0.0154. The molecule has 1 aromatic rings. The summed E-state index contributed by atoms with van der Waals surface area (Å²) in [6.07, 6.45) is -0.113. The van der Waals surface area contributed by atoms with Crippen molar-refractivity contribution in [2.45, 2.75) is 37.5 Å². The molecule has 2 N–H and O–H groups in total. The molecule has 1 nitrogen and oxygen atoms in total. The van der Waals surface area contributed by atoms with Crippen molar-refractivity contribution in [3.8, 4) is 0 Å². The zero-order chi connectivity index (χ0) is 12.0. The molecule has 1 aliphatic rings. The summed E-state index contributed by atoms with van der Waals surface area (Å²) < 4.78 is 26.8. The lowest BCUT2D eigenvalue weighted by molar-refractivity contribution is 0.0896. The molecule has 0 amide bonds. The van der Waals surface area contributed by atoms with Crippen molar-refractivity contribution < 1.29 is 8.78 Å². The van der Waals surface area contributed by atoms with Crippen molar-refractivity contribution >= 4 is 0 Å². The maximum atomic E-state index is 13.4. The van der Waals surface area contributed by atoms with Crippen LogP contribution in [0.3, 0.4) is 0 Å². The van der Waals surface area contributed by atoms with E-state index in [0.717, 1.165) is 5.56 Å². The zero-order valence-corrected chi connectivity index (χ0v) is 9.63. The summed E-state index contributed by atoms with van der Waals surface area (Å²) in [7, 11) is 0. The van der Waals surface area contributed by atoms with E-state index < -0.39 is 11.3 Å². The molecule has 0 bridgehead atoms. The molecule has 16 heavy (non-hydrogen) atoms. The summed E-state index contributed by atoms with van der Waals surface area (Å²) >= 11 is 0. The average molecular weight is 225 g/mol. The highest BCUT2D eigenvalue weighted by Gasteiger charge is 2.71. The summed E-state index contributed by atoms with van der Waals surface area (Å²) in [5.74, 6) is -2.28. The summed E-state index contributed by atoms with van der Waals surface area (Å²) in [6.45, 7) is 4.13. The van der Waals surface area contributed by atoms with Gasteiger partial charge in [-0.3, -0.25) is 0 Å². The lowest BCUT2D eigenvalue weighted by Crippen LogP contribution is -2.26. The second kappa shape index (κ2) is 3.52. The fourth-order valence-electron chi connectivity index (χ4n) is 2.18. The molecular formula is C13H17F2N. The minimum Gasteiger partial charge on any atom is -0.329 e. The Kier molecular flexibility index (Phi) is 2.54. The van der Waals surface area contributed by atoms with Crippen LogP contribution in [0.2, 0.25) is 0 Å². The number of nitrogens with two attached hydrogens (primary N) is 1. The van der Waals surface area contributed by atoms with E-state index in [1.165, 1.54) is 0 Å². The van der Waals surface area contributed by atoms with Gasteiger partial charge in [0.1, 0.15) is 0 Å². The molecule has 2 rings (SSSR count). The van der Waals surface area contributed by atoms with Gasteiger partial charge in [0.15, 0.2) is 0 Å². The second-order valence-corrected chi connectivity index (χ2v) is 4.95. The first-order valence-corrected chi connectivity index (χ1v) is 5.61. The van der Waals surface area contributed by atoms with Crippen molar-refractivity contribution in [1.82, 2.24) is 0 Å². The molecule has 0 saturated heterocycles. The maximum absolute atomic E-state index is 13.4. The number of alkyl halides is 2. The normalized spacial score (nSPS) is 27.1. The second-order valence-electron chi connectivity index (χ2n) is 4.95. The standard InChI is InChI=1S/C13H17F2N/c1-9(2)10-4-3-5-11(6-10)12(8-16)7-13(12,14)15/h3-6,9H,7-8,16H2,1-2H3. The molecule has 1 atom stereocenters. The van der Waals surface area contributed by atoms with Crippen LogP contribution in [-0.2, 0) is 5.41 Å². The molecular weight excluding hydrogens is 208 g/mol. The van der Waals surface area contributed by atoms with Crippen LogP contribution in [-0.4, -0.2) is 12.5 Å². The average Bonchev–Trinajstić information content (AvgIpc) is 2.82. The van der Waals surface area contributed by atoms with Gasteiger partial charge in [-0.05, 0) is 17.0 Å². The van der Waals surface area contributed by atoms with Crippen molar-refractivity contribution in [2.24, 2.45) is 5.73 Å². The maximum Gasteiger partial charge on any atom is 0.260 e. The van der Waals surface area contributed by atoms with Gasteiger partial charge in [0.2, 0.25) is 0 Å². The minimum atomic E-state index is -2.63. The van der Waals surface area contributed by atoms with E-state index in [4.69, 9.17) is 5.73 Å². The van der Waals surface area contributed by atoms with Crippen molar-refractivity contribution in [3.05, 3.63) is 35.4 Å². The van der Waals surface area contributed by atoms with Crippen LogP contribution in [0.1, 0.15) is 37.3 Å². The van der Waals surface area contributed by atoms with E-state index in [2.05, 4.69) is 13.8 Å². The molecule has 1 aromatic carbocycles. The Labute approximate surface area is 94.7 Å². The van der Waals surface area contributed by atoms with Gasteiger partial charge in [-0.25, -0.2) is 8.78 Å². The van der Waals surface area contributed by atoms with E-state index in [9.17, 15) is 8.78 Å². The lowest BCUT2D eigenvalue weighted by Gasteiger charge is -2.16. The smallest absolute Gasteiger partial charge is 0.260 e. The van der Waals surface area contributed by atoms with Crippen LogP contribution in [0.25, 0.3) is 0 Å². The summed E-state index contributed by atoms with van der Waals surface area (Å²) in [5, 5.41) is 0. The topological polar surface area (TPSA) is 26.0 Å². The Bertz CT molecular complexity index is 401. The summed E-state index contributed by atoms with van der Waals surface area (Å²) in [6, 6.07) is 7.45. The highest BCUT2D eigenvalue weighted by molar-refractivity contribution is 5.41. The largest absolute Gasteiger partial charge is 0.329 e. The third kappa shape index (κ3) is 1.54. The summed E-state index contributed by atoms with van der Waals surface area (Å²) in [4.78, 5) is 0. The Hall–Kier alpha value is -0.960. The van der Waals surface area contributed by atoms with Gasteiger partial charge in [-0.15, -0.1) is 0 Å². The fourth-order valence-corrected chi connectivity index (χ4v) is 2.18. The van der Waals surface area contributed by atoms with Gasteiger partial charge in [0.05, 0.1) is 5.41 Å². The highest BCUT2D eigenvalue weighted by Crippen LogP contribution is 2.60. The van der Waals surface area contributed by atoms with Crippen molar-refractivity contribution in [1.29, 1.82) is 0 Å². The predicted molar refractivity (Wildman–Crippen MR) is 60.8 cm³/mol. The first-order chi connectivity index (χ1) is 7.43. The summed E-state index contributed by atoms with van der Waals surface area (Å²) in [5.41, 5.74) is 6.20. The first-order valence-electron chi connectivity index (χ1n) is 5.61. The molecule has 1 unspecified atom stereocenters. The molecule has 3 heteroatoms. The van der Waals surface area contributed by atoms with Crippen LogP contribution in [0.15, 0.2) is 24.3 Å². The third-order valence-electron chi connectivity index (χ3n) is 3.55. The Morgan fingerprint density at radius 2 is 2.00 bits per heavy atom. The first kappa shape index (κ1) is 11.5. The number of halogens is 2. The molecule has 88 valence electrons. The number of hydrogen-bond acceptors (Lipinski definition) is 1. The van der Waals surface area contributed by atoms with Gasteiger partial charge < -0.3 is 5.73 Å². The predicted octanol–water partition coefficient (Wildman–Crippen LogP) is 3.05. The van der Waals surface area contributed by atoms with E-state index in [1.54, 1.807) is 6.07 Å².